The average molecular weight is 390 g/mol. The van der Waals surface area contributed by atoms with Crippen LogP contribution in [0.3, 0.4) is 0 Å². The SMILES string of the molecule is CC(C)(C)N(C(=O)O)c1ccc(C#Cc2ccc(Br)cc2F)cc1. The van der Waals surface area contributed by atoms with Crippen molar-refractivity contribution in [1.82, 2.24) is 0 Å². The molecule has 0 aliphatic carbocycles. The largest absolute Gasteiger partial charge is 0.465 e. The van der Waals surface area contributed by atoms with Gasteiger partial charge >= 0.3 is 6.09 Å². The van der Waals surface area contributed by atoms with Gasteiger partial charge in [0.05, 0.1) is 5.56 Å². The van der Waals surface area contributed by atoms with Crippen LogP contribution in [0.5, 0.6) is 0 Å². The summed E-state index contributed by atoms with van der Waals surface area (Å²) in [6.07, 6.45) is -1.02. The van der Waals surface area contributed by atoms with Gasteiger partial charge in [0.2, 0.25) is 0 Å². The number of amides is 1. The zero-order chi connectivity index (χ0) is 17.9. The highest BCUT2D eigenvalue weighted by Crippen LogP contribution is 2.24. The molecule has 0 atom stereocenters. The number of carbonyl (C=O) groups is 1. The van der Waals surface area contributed by atoms with E-state index in [-0.39, 0.29) is 0 Å². The highest BCUT2D eigenvalue weighted by atomic mass is 79.9. The Kier molecular flexibility index (Phi) is 5.30. The summed E-state index contributed by atoms with van der Waals surface area (Å²) in [6, 6.07) is 11.5. The maximum Gasteiger partial charge on any atom is 0.412 e. The Morgan fingerprint density at radius 3 is 2.25 bits per heavy atom. The summed E-state index contributed by atoms with van der Waals surface area (Å²) in [6.45, 7) is 5.47. The lowest BCUT2D eigenvalue weighted by Crippen LogP contribution is -2.45. The molecule has 0 aliphatic heterocycles. The maximum absolute atomic E-state index is 13.7. The number of benzene rings is 2. The second kappa shape index (κ2) is 7.06. The molecule has 0 bridgehead atoms. The Morgan fingerprint density at radius 1 is 1.12 bits per heavy atom. The Balaban J connectivity index is 2.27. The second-order valence-electron chi connectivity index (χ2n) is 6.21. The molecule has 0 aromatic heterocycles. The molecule has 1 N–H and O–H groups in total. The second-order valence-corrected chi connectivity index (χ2v) is 7.13. The quantitative estimate of drug-likeness (QED) is 0.674. The summed E-state index contributed by atoms with van der Waals surface area (Å²) in [5, 5.41) is 9.39. The molecule has 0 spiro atoms. The van der Waals surface area contributed by atoms with Gasteiger partial charge in [-0.3, -0.25) is 4.90 Å². The maximum atomic E-state index is 13.7. The van der Waals surface area contributed by atoms with Crippen molar-refractivity contribution in [2.75, 3.05) is 4.90 Å². The molecule has 0 unspecified atom stereocenters. The highest BCUT2D eigenvalue weighted by Gasteiger charge is 2.27. The number of nitrogens with zero attached hydrogens (tertiary/aromatic N) is 1. The average Bonchev–Trinajstić information content (AvgIpc) is 2.46. The van der Waals surface area contributed by atoms with Crippen molar-refractivity contribution in [1.29, 1.82) is 0 Å². The minimum Gasteiger partial charge on any atom is -0.465 e. The van der Waals surface area contributed by atoms with E-state index in [0.717, 1.165) is 0 Å². The standard InChI is InChI=1S/C19H17BrFNO2/c1-19(2,3)22(18(23)24)16-10-5-13(6-11-16)4-7-14-8-9-15(20)12-17(14)21/h5-6,8-12H,1-3H3,(H,23,24). The molecule has 0 heterocycles. The molecule has 0 saturated heterocycles. The Labute approximate surface area is 149 Å². The van der Waals surface area contributed by atoms with Crippen LogP contribution in [0.15, 0.2) is 46.9 Å². The fraction of sp³-hybridized carbons (Fsp3) is 0.211. The third-order valence-electron chi connectivity index (χ3n) is 3.26. The van der Waals surface area contributed by atoms with Crippen molar-refractivity contribution in [2.45, 2.75) is 26.3 Å². The van der Waals surface area contributed by atoms with Gasteiger partial charge < -0.3 is 5.11 Å². The molecule has 0 fully saturated rings. The molecule has 124 valence electrons. The van der Waals surface area contributed by atoms with Gasteiger partial charge in [0, 0.05) is 21.3 Å². The Bertz CT molecular complexity index is 814. The van der Waals surface area contributed by atoms with Gasteiger partial charge in [-0.25, -0.2) is 9.18 Å². The smallest absolute Gasteiger partial charge is 0.412 e. The van der Waals surface area contributed by atoms with Crippen molar-refractivity contribution in [2.24, 2.45) is 0 Å². The van der Waals surface area contributed by atoms with Crippen molar-refractivity contribution >= 4 is 27.7 Å². The molecule has 24 heavy (non-hydrogen) atoms. The van der Waals surface area contributed by atoms with Gasteiger partial charge in [0.25, 0.3) is 0 Å². The lowest BCUT2D eigenvalue weighted by atomic mass is 10.0. The molecule has 0 saturated carbocycles. The van der Waals surface area contributed by atoms with E-state index in [4.69, 9.17) is 0 Å². The lowest BCUT2D eigenvalue weighted by molar-refractivity contribution is 0.195. The summed E-state index contributed by atoms with van der Waals surface area (Å²) in [4.78, 5) is 12.7. The van der Waals surface area contributed by atoms with E-state index in [0.29, 0.717) is 21.3 Å². The molecule has 3 nitrogen and oxygen atoms in total. The van der Waals surface area contributed by atoms with Crippen LogP contribution in [0.1, 0.15) is 31.9 Å². The zero-order valence-corrected chi connectivity index (χ0v) is 15.2. The van der Waals surface area contributed by atoms with Gasteiger partial charge in [-0.2, -0.15) is 0 Å². The minimum atomic E-state index is -1.02. The van der Waals surface area contributed by atoms with Gasteiger partial charge in [-0.05, 0) is 63.2 Å². The van der Waals surface area contributed by atoms with Crippen LogP contribution in [0.4, 0.5) is 14.9 Å². The first-order chi connectivity index (χ1) is 11.2. The number of hydrogen-bond acceptors (Lipinski definition) is 1. The minimum absolute atomic E-state index is 0.309. The Hall–Kier alpha value is -2.32. The van der Waals surface area contributed by atoms with Crippen molar-refractivity contribution in [3.63, 3.8) is 0 Å². The van der Waals surface area contributed by atoms with Crippen LogP contribution >= 0.6 is 15.9 Å². The number of rotatable bonds is 1. The summed E-state index contributed by atoms with van der Waals surface area (Å²) in [7, 11) is 0. The van der Waals surface area contributed by atoms with E-state index in [1.165, 1.54) is 11.0 Å². The molecule has 5 heteroatoms. The molecule has 2 rings (SSSR count). The van der Waals surface area contributed by atoms with Gasteiger partial charge in [-0.1, -0.05) is 27.8 Å². The molecule has 1 amide bonds. The van der Waals surface area contributed by atoms with E-state index in [1.807, 2.05) is 20.8 Å². The van der Waals surface area contributed by atoms with Gasteiger partial charge in [0.1, 0.15) is 5.82 Å². The summed E-state index contributed by atoms with van der Waals surface area (Å²) in [5.41, 5.74) is 0.999. The fourth-order valence-corrected chi connectivity index (χ4v) is 2.54. The van der Waals surface area contributed by atoms with Gasteiger partial charge in [0.15, 0.2) is 0 Å². The Morgan fingerprint density at radius 2 is 1.75 bits per heavy atom. The van der Waals surface area contributed by atoms with Crippen LogP contribution in [0.2, 0.25) is 0 Å². The van der Waals surface area contributed by atoms with Gasteiger partial charge in [-0.15, -0.1) is 0 Å². The molecule has 2 aromatic carbocycles. The van der Waals surface area contributed by atoms with E-state index >= 15 is 0 Å². The number of hydrogen-bond donors (Lipinski definition) is 1. The third kappa shape index (κ3) is 4.36. The number of anilines is 1. The molecule has 2 aromatic rings. The van der Waals surface area contributed by atoms with Crippen molar-refractivity contribution in [3.05, 3.63) is 63.9 Å². The summed E-state index contributed by atoms with van der Waals surface area (Å²) >= 11 is 3.20. The van der Waals surface area contributed by atoms with E-state index in [1.54, 1.807) is 36.4 Å². The van der Waals surface area contributed by atoms with E-state index in [2.05, 4.69) is 27.8 Å². The monoisotopic (exact) mass is 389 g/mol. The highest BCUT2D eigenvalue weighted by molar-refractivity contribution is 9.10. The predicted molar refractivity (Wildman–Crippen MR) is 96.8 cm³/mol. The molecular formula is C19H17BrFNO2. The zero-order valence-electron chi connectivity index (χ0n) is 13.6. The van der Waals surface area contributed by atoms with E-state index in [9.17, 15) is 14.3 Å². The van der Waals surface area contributed by atoms with Crippen LogP contribution in [-0.2, 0) is 0 Å². The van der Waals surface area contributed by atoms with Crippen molar-refractivity contribution < 1.29 is 14.3 Å². The van der Waals surface area contributed by atoms with Crippen molar-refractivity contribution in [3.8, 4) is 11.8 Å². The number of carboxylic acid groups (broad SMARTS) is 1. The fourth-order valence-electron chi connectivity index (χ4n) is 2.21. The first-order valence-corrected chi connectivity index (χ1v) is 8.08. The predicted octanol–water partition coefficient (Wildman–Crippen LogP) is 5.27. The molecule has 0 radical (unpaired) electrons. The van der Waals surface area contributed by atoms with Crippen LogP contribution in [0, 0.1) is 17.7 Å². The van der Waals surface area contributed by atoms with Crippen LogP contribution in [-0.4, -0.2) is 16.7 Å². The van der Waals surface area contributed by atoms with Crippen LogP contribution < -0.4 is 4.90 Å². The first kappa shape index (κ1) is 18.0. The lowest BCUT2D eigenvalue weighted by Gasteiger charge is -2.33. The topological polar surface area (TPSA) is 40.5 Å². The number of halogens is 2. The first-order valence-electron chi connectivity index (χ1n) is 7.29. The normalized spacial score (nSPS) is 10.7. The summed E-state index contributed by atoms with van der Waals surface area (Å²) in [5.74, 6) is 5.28. The summed E-state index contributed by atoms with van der Waals surface area (Å²) < 4.78 is 14.4. The van der Waals surface area contributed by atoms with E-state index < -0.39 is 17.4 Å². The third-order valence-corrected chi connectivity index (χ3v) is 3.75. The molecule has 0 aliphatic rings. The van der Waals surface area contributed by atoms with Crippen LogP contribution in [0.25, 0.3) is 0 Å². The molecular weight excluding hydrogens is 373 g/mol.